The molecule has 0 radical (unpaired) electrons. The van der Waals surface area contributed by atoms with Crippen molar-refractivity contribution in [1.82, 2.24) is 4.98 Å². The van der Waals surface area contributed by atoms with E-state index in [-0.39, 0.29) is 4.75 Å². The van der Waals surface area contributed by atoms with Crippen molar-refractivity contribution in [3.8, 4) is 6.07 Å². The van der Waals surface area contributed by atoms with Gasteiger partial charge < -0.3 is 0 Å². The van der Waals surface area contributed by atoms with E-state index in [1.54, 1.807) is 30.1 Å². The van der Waals surface area contributed by atoms with Crippen LogP contribution in [0.1, 0.15) is 26.3 Å². The second kappa shape index (κ2) is 3.80. The lowest BCUT2D eigenvalue weighted by atomic mass is 10.3. The van der Waals surface area contributed by atoms with Crippen molar-refractivity contribution in [3.05, 3.63) is 23.9 Å². The molecule has 1 aromatic heterocycles. The Morgan fingerprint density at radius 3 is 2.69 bits per heavy atom. The van der Waals surface area contributed by atoms with E-state index in [1.165, 1.54) is 0 Å². The number of hydrogen-bond acceptors (Lipinski definition) is 3. The van der Waals surface area contributed by atoms with E-state index in [0.29, 0.717) is 5.56 Å². The second-order valence-corrected chi connectivity index (χ2v) is 5.50. The Labute approximate surface area is 83.0 Å². The van der Waals surface area contributed by atoms with Crippen LogP contribution in [0.25, 0.3) is 0 Å². The predicted octanol–water partition coefficient (Wildman–Crippen LogP) is 2.84. The molecule has 0 bridgehead atoms. The molecule has 13 heavy (non-hydrogen) atoms. The number of thioether (sulfide) groups is 1. The predicted molar refractivity (Wildman–Crippen MR) is 54.6 cm³/mol. The van der Waals surface area contributed by atoms with E-state index < -0.39 is 0 Å². The maximum atomic E-state index is 8.81. The largest absolute Gasteiger partial charge is 0.249 e. The van der Waals surface area contributed by atoms with Gasteiger partial charge in [0.1, 0.15) is 11.1 Å². The third-order valence-electron chi connectivity index (χ3n) is 1.29. The van der Waals surface area contributed by atoms with Gasteiger partial charge in [0.05, 0.1) is 5.56 Å². The summed E-state index contributed by atoms with van der Waals surface area (Å²) in [7, 11) is 0. The van der Waals surface area contributed by atoms with Crippen LogP contribution >= 0.6 is 11.8 Å². The van der Waals surface area contributed by atoms with Crippen molar-refractivity contribution in [1.29, 1.82) is 5.26 Å². The van der Waals surface area contributed by atoms with Crippen molar-refractivity contribution >= 4 is 11.8 Å². The summed E-state index contributed by atoms with van der Waals surface area (Å²) >= 11 is 1.62. The highest BCUT2D eigenvalue weighted by atomic mass is 32.2. The Kier molecular flexibility index (Phi) is 2.94. The maximum Gasteiger partial charge on any atom is 0.114 e. The molecule has 0 atom stereocenters. The van der Waals surface area contributed by atoms with Crippen molar-refractivity contribution < 1.29 is 0 Å². The Hall–Kier alpha value is -1.01. The molecule has 1 rings (SSSR count). The normalized spacial score (nSPS) is 10.9. The summed E-state index contributed by atoms with van der Waals surface area (Å²) in [6.45, 7) is 6.31. The zero-order valence-corrected chi connectivity index (χ0v) is 8.85. The molecule has 0 aliphatic heterocycles. The molecule has 68 valence electrons. The lowest BCUT2D eigenvalue weighted by molar-refractivity contribution is 0.799. The summed E-state index contributed by atoms with van der Waals surface area (Å²) < 4.78 is 0.0972. The molecule has 0 saturated carbocycles. The van der Waals surface area contributed by atoms with Crippen LogP contribution < -0.4 is 0 Å². The van der Waals surface area contributed by atoms with E-state index in [2.05, 4.69) is 31.8 Å². The van der Waals surface area contributed by atoms with Crippen LogP contribution in [0.15, 0.2) is 23.4 Å². The van der Waals surface area contributed by atoms with E-state index in [4.69, 9.17) is 5.26 Å². The highest BCUT2D eigenvalue weighted by Crippen LogP contribution is 2.31. The first-order valence-corrected chi connectivity index (χ1v) is 4.89. The summed E-state index contributed by atoms with van der Waals surface area (Å²) in [5, 5.41) is 9.63. The SMILES string of the molecule is CC(C)(C)Sc1ncccc1C#N. The Morgan fingerprint density at radius 2 is 2.15 bits per heavy atom. The van der Waals surface area contributed by atoms with Gasteiger partial charge in [-0.05, 0) is 12.1 Å². The average molecular weight is 192 g/mol. The number of nitrogens with zero attached hydrogens (tertiary/aromatic N) is 2. The van der Waals surface area contributed by atoms with Gasteiger partial charge in [-0.15, -0.1) is 0 Å². The standard InChI is InChI=1S/C10H12N2S/c1-10(2,3)13-9-8(7-11)5-4-6-12-9/h4-6H,1-3H3. The molecular weight excluding hydrogens is 180 g/mol. The number of rotatable bonds is 1. The monoisotopic (exact) mass is 192 g/mol. The van der Waals surface area contributed by atoms with Crippen LogP contribution in [0.3, 0.4) is 0 Å². The van der Waals surface area contributed by atoms with Gasteiger partial charge in [0, 0.05) is 10.9 Å². The fourth-order valence-corrected chi connectivity index (χ4v) is 1.76. The molecule has 0 spiro atoms. The van der Waals surface area contributed by atoms with Crippen molar-refractivity contribution in [3.63, 3.8) is 0 Å². The van der Waals surface area contributed by atoms with Crippen molar-refractivity contribution in [2.45, 2.75) is 30.5 Å². The van der Waals surface area contributed by atoms with Gasteiger partial charge in [-0.1, -0.05) is 32.5 Å². The molecule has 0 N–H and O–H groups in total. The van der Waals surface area contributed by atoms with Crippen LogP contribution in [0.2, 0.25) is 0 Å². The number of nitriles is 1. The molecule has 1 aromatic rings. The molecule has 0 aliphatic carbocycles. The fraction of sp³-hybridized carbons (Fsp3) is 0.400. The third-order valence-corrected chi connectivity index (χ3v) is 2.43. The first kappa shape index (κ1) is 10.1. The zero-order valence-electron chi connectivity index (χ0n) is 8.03. The summed E-state index contributed by atoms with van der Waals surface area (Å²) in [5.74, 6) is 0. The average Bonchev–Trinajstić information content (AvgIpc) is 2.02. The quantitative estimate of drug-likeness (QED) is 0.642. The van der Waals surface area contributed by atoms with Gasteiger partial charge in [-0.25, -0.2) is 4.98 Å². The van der Waals surface area contributed by atoms with Gasteiger partial charge in [-0.3, -0.25) is 0 Å². The molecule has 0 fully saturated rings. The van der Waals surface area contributed by atoms with Crippen LogP contribution in [-0.4, -0.2) is 9.73 Å². The molecule has 1 heterocycles. The number of hydrogen-bond donors (Lipinski definition) is 0. The van der Waals surface area contributed by atoms with Crippen molar-refractivity contribution in [2.24, 2.45) is 0 Å². The van der Waals surface area contributed by atoms with Crippen LogP contribution in [0.5, 0.6) is 0 Å². The van der Waals surface area contributed by atoms with Crippen molar-refractivity contribution in [2.75, 3.05) is 0 Å². The molecule has 0 aromatic carbocycles. The first-order chi connectivity index (χ1) is 6.03. The van der Waals surface area contributed by atoms with Gasteiger partial charge in [0.15, 0.2) is 0 Å². The molecule has 0 aliphatic rings. The fourth-order valence-electron chi connectivity index (χ4n) is 0.847. The molecule has 0 unspecified atom stereocenters. The highest BCUT2D eigenvalue weighted by molar-refractivity contribution is 8.00. The van der Waals surface area contributed by atoms with E-state index >= 15 is 0 Å². The number of aromatic nitrogens is 1. The molecule has 0 amide bonds. The third kappa shape index (κ3) is 3.08. The number of pyridine rings is 1. The van der Waals surface area contributed by atoms with Crippen LogP contribution in [0, 0.1) is 11.3 Å². The minimum absolute atomic E-state index is 0.0972. The Balaban J connectivity index is 2.96. The van der Waals surface area contributed by atoms with Crippen LogP contribution in [0.4, 0.5) is 0 Å². The molecule has 0 saturated heterocycles. The lowest BCUT2D eigenvalue weighted by Crippen LogP contribution is -2.07. The van der Waals surface area contributed by atoms with Crippen LogP contribution in [-0.2, 0) is 0 Å². The first-order valence-electron chi connectivity index (χ1n) is 4.07. The van der Waals surface area contributed by atoms with E-state index in [0.717, 1.165) is 5.03 Å². The maximum absolute atomic E-state index is 8.81. The Bertz CT molecular complexity index is 334. The minimum Gasteiger partial charge on any atom is -0.249 e. The van der Waals surface area contributed by atoms with Gasteiger partial charge in [-0.2, -0.15) is 5.26 Å². The summed E-state index contributed by atoms with van der Waals surface area (Å²) in [5.41, 5.74) is 0.655. The minimum atomic E-state index is 0.0972. The molecular formula is C10H12N2S. The summed E-state index contributed by atoms with van der Waals surface area (Å²) in [6, 6.07) is 5.71. The molecule has 2 nitrogen and oxygen atoms in total. The summed E-state index contributed by atoms with van der Waals surface area (Å²) in [4.78, 5) is 4.18. The highest BCUT2D eigenvalue weighted by Gasteiger charge is 2.15. The molecule has 3 heteroatoms. The van der Waals surface area contributed by atoms with Gasteiger partial charge >= 0.3 is 0 Å². The van der Waals surface area contributed by atoms with Gasteiger partial charge in [0.2, 0.25) is 0 Å². The van der Waals surface area contributed by atoms with Gasteiger partial charge in [0.25, 0.3) is 0 Å². The van der Waals surface area contributed by atoms with E-state index in [9.17, 15) is 0 Å². The zero-order chi connectivity index (χ0) is 9.90. The smallest absolute Gasteiger partial charge is 0.114 e. The lowest BCUT2D eigenvalue weighted by Gasteiger charge is -2.16. The van der Waals surface area contributed by atoms with E-state index in [1.807, 2.05) is 0 Å². The second-order valence-electron chi connectivity index (χ2n) is 3.68. The Morgan fingerprint density at radius 1 is 1.46 bits per heavy atom. The topological polar surface area (TPSA) is 36.7 Å². The summed E-state index contributed by atoms with van der Waals surface area (Å²) in [6.07, 6.45) is 1.72.